The summed E-state index contributed by atoms with van der Waals surface area (Å²) in [7, 11) is 0. The summed E-state index contributed by atoms with van der Waals surface area (Å²) in [6.07, 6.45) is 2.20. The van der Waals surface area contributed by atoms with Crippen molar-refractivity contribution in [3.05, 3.63) is 94.5 Å². The highest BCUT2D eigenvalue weighted by atomic mass is 35.5. The van der Waals surface area contributed by atoms with Gasteiger partial charge < -0.3 is 15.2 Å². The van der Waals surface area contributed by atoms with Gasteiger partial charge in [-0.15, -0.1) is 0 Å². The van der Waals surface area contributed by atoms with Crippen molar-refractivity contribution in [1.29, 1.82) is 0 Å². The number of ether oxygens (including phenoxy) is 1. The maximum atomic E-state index is 10.9. The van der Waals surface area contributed by atoms with Gasteiger partial charge in [0, 0.05) is 24.2 Å². The van der Waals surface area contributed by atoms with Gasteiger partial charge in [-0.05, 0) is 85.6 Å². The zero-order chi connectivity index (χ0) is 22.3. The largest absolute Gasteiger partial charge is 0.478 e. The number of hydrogen-bond acceptors (Lipinski definition) is 4. The maximum Gasteiger partial charge on any atom is 0.335 e. The maximum absolute atomic E-state index is 10.9. The van der Waals surface area contributed by atoms with E-state index >= 15 is 0 Å². The average Bonchev–Trinajstić information content (AvgIpc) is 2.82. The van der Waals surface area contributed by atoms with Crippen LogP contribution in [0.3, 0.4) is 0 Å². The van der Waals surface area contributed by atoms with Crippen molar-refractivity contribution in [1.82, 2.24) is 10.2 Å². The molecule has 1 aliphatic heterocycles. The Balaban J connectivity index is 1.20. The fraction of sp³-hybridized carbons (Fsp3) is 0.269. The molecule has 1 aliphatic rings. The van der Waals surface area contributed by atoms with Crippen LogP contribution >= 0.6 is 11.6 Å². The van der Waals surface area contributed by atoms with Crippen LogP contribution in [0.2, 0.25) is 5.02 Å². The van der Waals surface area contributed by atoms with Crippen LogP contribution in [0.15, 0.2) is 72.8 Å². The fourth-order valence-electron chi connectivity index (χ4n) is 3.88. The van der Waals surface area contributed by atoms with Gasteiger partial charge in [0.2, 0.25) is 0 Å². The van der Waals surface area contributed by atoms with Gasteiger partial charge in [-0.1, -0.05) is 35.9 Å². The van der Waals surface area contributed by atoms with Crippen molar-refractivity contribution in [3.8, 4) is 11.5 Å². The molecule has 0 aliphatic carbocycles. The van der Waals surface area contributed by atoms with Gasteiger partial charge in [-0.2, -0.15) is 0 Å². The highest BCUT2D eigenvalue weighted by molar-refractivity contribution is 6.30. The molecule has 32 heavy (non-hydrogen) atoms. The summed E-state index contributed by atoms with van der Waals surface area (Å²) >= 11 is 5.92. The van der Waals surface area contributed by atoms with Crippen LogP contribution in [0.1, 0.15) is 34.3 Å². The smallest absolute Gasteiger partial charge is 0.335 e. The monoisotopic (exact) mass is 450 g/mol. The molecule has 6 heteroatoms. The van der Waals surface area contributed by atoms with Gasteiger partial charge in [-0.3, -0.25) is 4.90 Å². The molecule has 0 spiro atoms. The molecule has 5 nitrogen and oxygen atoms in total. The minimum Gasteiger partial charge on any atom is -0.478 e. The lowest BCUT2D eigenvalue weighted by Crippen LogP contribution is -2.41. The molecule has 3 aromatic rings. The van der Waals surface area contributed by atoms with E-state index in [-0.39, 0.29) is 0 Å². The van der Waals surface area contributed by atoms with Crippen molar-refractivity contribution in [3.63, 3.8) is 0 Å². The van der Waals surface area contributed by atoms with Crippen LogP contribution in [-0.4, -0.2) is 35.1 Å². The first-order valence-corrected chi connectivity index (χ1v) is 11.2. The van der Waals surface area contributed by atoms with Crippen LogP contribution in [0, 0.1) is 0 Å². The van der Waals surface area contributed by atoms with Crippen molar-refractivity contribution in [2.75, 3.05) is 13.1 Å². The Morgan fingerprint density at radius 2 is 1.47 bits per heavy atom. The molecule has 1 fully saturated rings. The number of piperidine rings is 1. The lowest BCUT2D eigenvalue weighted by Gasteiger charge is -2.32. The number of benzene rings is 3. The predicted molar refractivity (Wildman–Crippen MR) is 127 cm³/mol. The topological polar surface area (TPSA) is 61.8 Å². The molecule has 0 aromatic heterocycles. The number of hydrogen-bond donors (Lipinski definition) is 2. The SMILES string of the molecule is O=C(O)c1ccc(CNC2CCN(Cc3ccc(Oc4ccc(Cl)cc4)cc3)CC2)cc1. The van der Waals surface area contributed by atoms with Gasteiger partial charge in [0.1, 0.15) is 11.5 Å². The Morgan fingerprint density at radius 1 is 0.906 bits per heavy atom. The molecule has 3 aromatic carbocycles. The summed E-state index contributed by atoms with van der Waals surface area (Å²) < 4.78 is 5.86. The Kier molecular flexibility index (Phi) is 7.43. The standard InChI is InChI=1S/C26H27ClN2O3/c27-22-7-11-25(12-8-22)32-24-9-3-20(4-10-24)18-29-15-13-23(14-16-29)28-17-19-1-5-21(6-2-19)26(30)31/h1-12,23,28H,13-18H2,(H,30,31). The second-order valence-corrected chi connectivity index (χ2v) is 8.57. The molecule has 166 valence electrons. The summed E-state index contributed by atoms with van der Waals surface area (Å²) in [5, 5.41) is 13.3. The van der Waals surface area contributed by atoms with Gasteiger partial charge in [0.25, 0.3) is 0 Å². The van der Waals surface area contributed by atoms with E-state index in [1.807, 2.05) is 48.5 Å². The molecule has 0 unspecified atom stereocenters. The molecule has 0 bridgehead atoms. The summed E-state index contributed by atoms with van der Waals surface area (Å²) in [4.78, 5) is 13.4. The number of carbonyl (C=O) groups is 1. The van der Waals surface area contributed by atoms with Gasteiger partial charge in [0.05, 0.1) is 5.56 Å². The zero-order valence-corrected chi connectivity index (χ0v) is 18.6. The molecule has 4 rings (SSSR count). The van der Waals surface area contributed by atoms with Gasteiger partial charge in [0.15, 0.2) is 0 Å². The summed E-state index contributed by atoms with van der Waals surface area (Å²) in [6.45, 7) is 3.81. The first-order valence-electron chi connectivity index (χ1n) is 10.9. The second-order valence-electron chi connectivity index (χ2n) is 8.13. The highest BCUT2D eigenvalue weighted by Crippen LogP contribution is 2.24. The molecule has 0 saturated carbocycles. The number of halogens is 1. The van der Waals surface area contributed by atoms with Crippen molar-refractivity contribution in [2.24, 2.45) is 0 Å². The minimum atomic E-state index is -0.888. The minimum absolute atomic E-state index is 0.326. The molecule has 1 heterocycles. The van der Waals surface area contributed by atoms with Crippen molar-refractivity contribution >= 4 is 17.6 Å². The number of carboxylic acid groups (broad SMARTS) is 1. The molecule has 1 saturated heterocycles. The lowest BCUT2D eigenvalue weighted by atomic mass is 10.0. The summed E-state index contributed by atoms with van der Waals surface area (Å²) in [6, 6.07) is 23.2. The van der Waals surface area contributed by atoms with E-state index in [2.05, 4.69) is 22.3 Å². The van der Waals surface area contributed by atoms with Crippen molar-refractivity contribution < 1.29 is 14.6 Å². The van der Waals surface area contributed by atoms with Gasteiger partial charge >= 0.3 is 5.97 Å². The average molecular weight is 451 g/mol. The molecular weight excluding hydrogens is 424 g/mol. The van der Waals surface area contributed by atoms with E-state index in [9.17, 15) is 4.79 Å². The first kappa shape index (κ1) is 22.3. The van der Waals surface area contributed by atoms with E-state index in [4.69, 9.17) is 21.4 Å². The Bertz CT molecular complexity index is 1010. The Hall–Kier alpha value is -2.86. The van der Waals surface area contributed by atoms with E-state index in [0.717, 1.165) is 56.1 Å². The number of nitrogens with one attached hydrogen (secondary N) is 1. The normalized spacial score (nSPS) is 14.9. The Morgan fingerprint density at radius 3 is 2.06 bits per heavy atom. The van der Waals surface area contributed by atoms with Crippen LogP contribution in [-0.2, 0) is 13.1 Å². The number of aromatic carboxylic acids is 1. The number of rotatable bonds is 8. The van der Waals surface area contributed by atoms with Crippen LogP contribution in [0.25, 0.3) is 0 Å². The first-order chi connectivity index (χ1) is 15.5. The quantitative estimate of drug-likeness (QED) is 0.468. The number of carboxylic acids is 1. The molecule has 0 radical (unpaired) electrons. The molecule has 0 amide bonds. The van der Waals surface area contributed by atoms with Crippen LogP contribution < -0.4 is 10.1 Å². The number of likely N-dealkylation sites (tertiary alicyclic amines) is 1. The summed E-state index contributed by atoms with van der Waals surface area (Å²) in [5.41, 5.74) is 2.71. The van der Waals surface area contributed by atoms with E-state index < -0.39 is 5.97 Å². The third-order valence-corrected chi connectivity index (χ3v) is 6.01. The third kappa shape index (κ3) is 6.33. The van der Waals surface area contributed by atoms with E-state index in [0.29, 0.717) is 16.6 Å². The third-order valence-electron chi connectivity index (χ3n) is 5.76. The van der Waals surface area contributed by atoms with Gasteiger partial charge in [-0.25, -0.2) is 4.79 Å². The van der Waals surface area contributed by atoms with E-state index in [1.165, 1.54) is 5.56 Å². The molecule has 2 N–H and O–H groups in total. The van der Waals surface area contributed by atoms with Crippen molar-refractivity contribution in [2.45, 2.75) is 32.0 Å². The number of nitrogens with zero attached hydrogens (tertiary/aromatic N) is 1. The fourth-order valence-corrected chi connectivity index (χ4v) is 4.01. The van der Waals surface area contributed by atoms with Crippen LogP contribution in [0.5, 0.6) is 11.5 Å². The predicted octanol–water partition coefficient (Wildman–Crippen LogP) is 5.58. The molecular formula is C26H27ClN2O3. The second kappa shape index (κ2) is 10.6. The van der Waals surface area contributed by atoms with E-state index in [1.54, 1.807) is 12.1 Å². The Labute approximate surface area is 193 Å². The van der Waals surface area contributed by atoms with Crippen LogP contribution in [0.4, 0.5) is 0 Å². The lowest BCUT2D eigenvalue weighted by molar-refractivity contribution is 0.0697. The highest BCUT2D eigenvalue weighted by Gasteiger charge is 2.19. The zero-order valence-electron chi connectivity index (χ0n) is 17.8. The molecule has 0 atom stereocenters. The summed E-state index contributed by atoms with van der Waals surface area (Å²) in [5.74, 6) is 0.700.